The molecule has 1 aromatic rings. The molecule has 0 radical (unpaired) electrons. The van der Waals surface area contributed by atoms with E-state index in [2.05, 4.69) is 5.32 Å². The molecule has 0 bridgehead atoms. The van der Waals surface area contributed by atoms with E-state index < -0.39 is 0 Å². The molecule has 0 aliphatic heterocycles. The zero-order chi connectivity index (χ0) is 12.0. The Balaban J connectivity index is 2.53. The van der Waals surface area contributed by atoms with Gasteiger partial charge in [-0.2, -0.15) is 11.3 Å². The lowest BCUT2D eigenvalue weighted by molar-refractivity contribution is 0.0851. The van der Waals surface area contributed by atoms with Crippen molar-refractivity contribution >= 4 is 17.2 Å². The Labute approximate surface area is 100 Å². The van der Waals surface area contributed by atoms with Crippen molar-refractivity contribution in [2.24, 2.45) is 5.41 Å². The van der Waals surface area contributed by atoms with Gasteiger partial charge in [-0.15, -0.1) is 0 Å². The number of rotatable bonds is 6. The molecule has 0 atom stereocenters. The summed E-state index contributed by atoms with van der Waals surface area (Å²) in [7, 11) is 0. The second-order valence-corrected chi connectivity index (χ2v) is 4.84. The summed E-state index contributed by atoms with van der Waals surface area (Å²) in [4.78, 5) is 11.7. The molecule has 16 heavy (non-hydrogen) atoms. The van der Waals surface area contributed by atoms with Crippen LogP contribution in [0.2, 0.25) is 0 Å². The summed E-state index contributed by atoms with van der Waals surface area (Å²) in [5.41, 5.74) is 0.523. The number of amides is 1. The van der Waals surface area contributed by atoms with Crippen LogP contribution in [0.15, 0.2) is 16.8 Å². The van der Waals surface area contributed by atoms with Gasteiger partial charge >= 0.3 is 0 Å². The van der Waals surface area contributed by atoms with Gasteiger partial charge in [-0.1, -0.05) is 13.8 Å². The van der Waals surface area contributed by atoms with Crippen LogP contribution < -0.4 is 5.32 Å². The summed E-state index contributed by atoms with van der Waals surface area (Å²) >= 11 is 1.51. The fraction of sp³-hybridized carbons (Fsp3) is 0.583. The Kier molecular flexibility index (Phi) is 4.96. The van der Waals surface area contributed by atoms with Crippen LogP contribution >= 0.6 is 11.3 Å². The molecule has 1 aromatic heterocycles. The summed E-state index contributed by atoms with van der Waals surface area (Å²) in [5.74, 6) is -0.0547. The van der Waals surface area contributed by atoms with Crippen LogP contribution in [0.1, 0.15) is 37.0 Å². The predicted molar refractivity (Wildman–Crippen MR) is 66.8 cm³/mol. The predicted octanol–water partition coefficient (Wildman–Crippen LogP) is 2.28. The third kappa shape index (κ3) is 3.06. The lowest BCUT2D eigenvalue weighted by Crippen LogP contribution is -2.39. The highest BCUT2D eigenvalue weighted by molar-refractivity contribution is 7.08. The van der Waals surface area contributed by atoms with Gasteiger partial charge in [0.25, 0.3) is 5.91 Å². The third-order valence-corrected chi connectivity index (χ3v) is 3.93. The van der Waals surface area contributed by atoms with Crippen LogP contribution in [-0.4, -0.2) is 24.2 Å². The summed E-state index contributed by atoms with van der Waals surface area (Å²) in [6.45, 7) is 4.72. The van der Waals surface area contributed by atoms with Gasteiger partial charge in [0.15, 0.2) is 0 Å². The van der Waals surface area contributed by atoms with Gasteiger partial charge in [0.1, 0.15) is 0 Å². The molecule has 1 rings (SSSR count). The SMILES string of the molecule is CCC(CC)(CO)CNC(=O)c1ccsc1. The Bertz CT molecular complexity index is 310. The number of hydrogen-bond acceptors (Lipinski definition) is 3. The minimum atomic E-state index is -0.175. The molecule has 2 N–H and O–H groups in total. The highest BCUT2D eigenvalue weighted by Gasteiger charge is 2.25. The number of thiophene rings is 1. The van der Waals surface area contributed by atoms with E-state index in [9.17, 15) is 9.90 Å². The molecule has 90 valence electrons. The average Bonchev–Trinajstić information content (AvgIpc) is 2.85. The zero-order valence-electron chi connectivity index (χ0n) is 9.82. The van der Waals surface area contributed by atoms with Crippen molar-refractivity contribution in [3.8, 4) is 0 Å². The lowest BCUT2D eigenvalue weighted by Gasteiger charge is -2.29. The highest BCUT2D eigenvalue weighted by atomic mass is 32.1. The maximum absolute atomic E-state index is 11.7. The topological polar surface area (TPSA) is 49.3 Å². The first kappa shape index (κ1) is 13.2. The number of hydrogen-bond donors (Lipinski definition) is 2. The van der Waals surface area contributed by atoms with Crippen molar-refractivity contribution in [2.75, 3.05) is 13.2 Å². The fourth-order valence-electron chi connectivity index (χ4n) is 1.54. The van der Waals surface area contributed by atoms with Crippen molar-refractivity contribution < 1.29 is 9.90 Å². The van der Waals surface area contributed by atoms with Crippen molar-refractivity contribution in [1.82, 2.24) is 5.32 Å². The molecule has 0 unspecified atom stereocenters. The number of carbonyl (C=O) groups is 1. The normalized spacial score (nSPS) is 11.4. The van der Waals surface area contributed by atoms with E-state index in [4.69, 9.17) is 0 Å². The number of aliphatic hydroxyl groups excluding tert-OH is 1. The Hall–Kier alpha value is -0.870. The summed E-state index contributed by atoms with van der Waals surface area (Å²) in [6.07, 6.45) is 1.73. The van der Waals surface area contributed by atoms with Crippen molar-refractivity contribution in [3.63, 3.8) is 0 Å². The van der Waals surface area contributed by atoms with E-state index in [0.717, 1.165) is 12.8 Å². The van der Waals surface area contributed by atoms with Gasteiger partial charge in [0, 0.05) is 22.9 Å². The first-order valence-corrected chi connectivity index (χ1v) is 6.53. The standard InChI is InChI=1S/C12H19NO2S/c1-3-12(4-2,9-14)8-13-11(15)10-5-6-16-7-10/h5-7,14H,3-4,8-9H2,1-2H3,(H,13,15). The second kappa shape index (κ2) is 6.01. The molecular formula is C12H19NO2S. The van der Waals surface area contributed by atoms with Gasteiger partial charge in [-0.3, -0.25) is 4.79 Å². The summed E-state index contributed by atoms with van der Waals surface area (Å²) < 4.78 is 0. The van der Waals surface area contributed by atoms with Crippen LogP contribution in [0.5, 0.6) is 0 Å². The molecule has 0 aromatic carbocycles. The van der Waals surface area contributed by atoms with Gasteiger partial charge < -0.3 is 10.4 Å². The smallest absolute Gasteiger partial charge is 0.252 e. The molecule has 0 fully saturated rings. The molecular weight excluding hydrogens is 222 g/mol. The molecule has 0 saturated carbocycles. The highest BCUT2D eigenvalue weighted by Crippen LogP contribution is 2.24. The lowest BCUT2D eigenvalue weighted by atomic mass is 9.83. The molecule has 1 heterocycles. The van der Waals surface area contributed by atoms with E-state index in [1.54, 1.807) is 6.07 Å². The van der Waals surface area contributed by atoms with Gasteiger partial charge in [0.05, 0.1) is 6.61 Å². The average molecular weight is 241 g/mol. The molecule has 4 heteroatoms. The maximum atomic E-state index is 11.7. The molecule has 3 nitrogen and oxygen atoms in total. The van der Waals surface area contributed by atoms with Crippen LogP contribution in [-0.2, 0) is 0 Å². The minimum Gasteiger partial charge on any atom is -0.396 e. The molecule has 1 amide bonds. The van der Waals surface area contributed by atoms with E-state index in [-0.39, 0.29) is 17.9 Å². The third-order valence-electron chi connectivity index (χ3n) is 3.24. The Morgan fingerprint density at radius 3 is 2.62 bits per heavy atom. The Morgan fingerprint density at radius 2 is 2.19 bits per heavy atom. The molecule has 0 spiro atoms. The van der Waals surface area contributed by atoms with Crippen molar-refractivity contribution in [2.45, 2.75) is 26.7 Å². The fourth-order valence-corrected chi connectivity index (χ4v) is 2.18. The van der Waals surface area contributed by atoms with Gasteiger partial charge in [0.2, 0.25) is 0 Å². The zero-order valence-corrected chi connectivity index (χ0v) is 10.6. The van der Waals surface area contributed by atoms with Crippen molar-refractivity contribution in [1.29, 1.82) is 0 Å². The first-order chi connectivity index (χ1) is 7.67. The number of carbonyl (C=O) groups excluding carboxylic acids is 1. The van der Waals surface area contributed by atoms with E-state index in [0.29, 0.717) is 12.1 Å². The summed E-state index contributed by atoms with van der Waals surface area (Å²) in [6, 6.07) is 1.80. The monoisotopic (exact) mass is 241 g/mol. The number of nitrogens with one attached hydrogen (secondary N) is 1. The van der Waals surface area contributed by atoms with Gasteiger partial charge in [-0.05, 0) is 24.3 Å². The van der Waals surface area contributed by atoms with Crippen LogP contribution in [0, 0.1) is 5.41 Å². The van der Waals surface area contributed by atoms with Crippen LogP contribution in [0.4, 0.5) is 0 Å². The molecule has 0 aliphatic carbocycles. The largest absolute Gasteiger partial charge is 0.396 e. The summed E-state index contributed by atoms with van der Waals surface area (Å²) in [5, 5.41) is 16.0. The minimum absolute atomic E-state index is 0.0547. The molecule has 0 saturated heterocycles. The quantitative estimate of drug-likeness (QED) is 0.802. The van der Waals surface area contributed by atoms with Gasteiger partial charge in [-0.25, -0.2) is 0 Å². The maximum Gasteiger partial charge on any atom is 0.252 e. The number of aliphatic hydroxyl groups is 1. The van der Waals surface area contributed by atoms with Crippen LogP contribution in [0.3, 0.4) is 0 Å². The van der Waals surface area contributed by atoms with Crippen molar-refractivity contribution in [3.05, 3.63) is 22.4 Å². The second-order valence-electron chi connectivity index (χ2n) is 4.06. The van der Waals surface area contributed by atoms with E-state index in [1.807, 2.05) is 24.6 Å². The van der Waals surface area contributed by atoms with E-state index >= 15 is 0 Å². The first-order valence-electron chi connectivity index (χ1n) is 5.58. The molecule has 0 aliphatic rings. The van der Waals surface area contributed by atoms with Crippen LogP contribution in [0.25, 0.3) is 0 Å². The van der Waals surface area contributed by atoms with E-state index in [1.165, 1.54) is 11.3 Å². The Morgan fingerprint density at radius 1 is 1.50 bits per heavy atom.